The Morgan fingerprint density at radius 3 is 2.35 bits per heavy atom. The summed E-state index contributed by atoms with van der Waals surface area (Å²) in [6.07, 6.45) is 2.66. The van der Waals surface area contributed by atoms with Crippen LogP contribution in [0.1, 0.15) is 38.5 Å². The van der Waals surface area contributed by atoms with Gasteiger partial charge in [0.25, 0.3) is 0 Å². The van der Waals surface area contributed by atoms with Crippen molar-refractivity contribution < 1.29 is 23.1 Å². The lowest BCUT2D eigenvalue weighted by atomic mass is 10.3. The highest BCUT2D eigenvalue weighted by atomic mass is 32.2. The zero-order valence-corrected chi connectivity index (χ0v) is 12.3. The van der Waals surface area contributed by atoms with Crippen LogP contribution in [-0.4, -0.2) is 55.1 Å². The minimum Gasteiger partial charge on any atom is -0.481 e. The number of carboxylic acid groups (broad SMARTS) is 1. The van der Waals surface area contributed by atoms with Gasteiger partial charge in [-0.3, -0.25) is 9.59 Å². The molecule has 7 nitrogen and oxygen atoms in total. The number of carboxylic acids is 1. The molecule has 0 aliphatic carbocycles. The number of sulfonamides is 1. The number of nitrogens with zero attached hydrogens (tertiary/aromatic N) is 1. The third kappa shape index (κ3) is 6.33. The molecule has 0 radical (unpaired) electrons. The Hall–Kier alpha value is -1.15. The van der Waals surface area contributed by atoms with Crippen molar-refractivity contribution in [2.45, 2.75) is 38.5 Å². The molecule has 2 N–H and O–H groups in total. The van der Waals surface area contributed by atoms with Crippen LogP contribution in [0.15, 0.2) is 0 Å². The summed E-state index contributed by atoms with van der Waals surface area (Å²) < 4.78 is 25.2. The van der Waals surface area contributed by atoms with Gasteiger partial charge in [-0.1, -0.05) is 0 Å². The number of aliphatic carboxylic acids is 1. The summed E-state index contributed by atoms with van der Waals surface area (Å²) in [5.74, 6) is -1.13. The van der Waals surface area contributed by atoms with Crippen LogP contribution in [0.25, 0.3) is 0 Å². The molecule has 1 rings (SSSR count). The standard InChI is InChI=1S/C12H22N2O5S/c15-11(13-7-3-6-12(16)17)5-4-10-20(18,19)14-8-1-2-9-14/h1-10H2,(H,13,15)(H,16,17). The van der Waals surface area contributed by atoms with Gasteiger partial charge in [-0.2, -0.15) is 0 Å². The summed E-state index contributed by atoms with van der Waals surface area (Å²) in [6.45, 7) is 1.48. The van der Waals surface area contributed by atoms with E-state index < -0.39 is 16.0 Å². The van der Waals surface area contributed by atoms with Crippen LogP contribution in [0.2, 0.25) is 0 Å². The van der Waals surface area contributed by atoms with E-state index in [4.69, 9.17) is 5.11 Å². The second-order valence-corrected chi connectivity index (χ2v) is 6.96. The van der Waals surface area contributed by atoms with Gasteiger partial charge in [0.05, 0.1) is 5.75 Å². The lowest BCUT2D eigenvalue weighted by Crippen LogP contribution is -2.31. The molecule has 0 bridgehead atoms. The first-order chi connectivity index (χ1) is 9.42. The van der Waals surface area contributed by atoms with Gasteiger partial charge in [-0.25, -0.2) is 12.7 Å². The molecule has 0 aromatic carbocycles. The predicted molar refractivity (Wildman–Crippen MR) is 73.7 cm³/mol. The quantitative estimate of drug-likeness (QED) is 0.591. The third-order valence-electron chi connectivity index (χ3n) is 3.15. The van der Waals surface area contributed by atoms with Crippen LogP contribution in [0.5, 0.6) is 0 Å². The molecule has 1 saturated heterocycles. The Labute approximate surface area is 119 Å². The molecule has 1 aliphatic heterocycles. The highest BCUT2D eigenvalue weighted by Crippen LogP contribution is 2.14. The highest BCUT2D eigenvalue weighted by molar-refractivity contribution is 7.89. The first-order valence-corrected chi connectivity index (χ1v) is 8.49. The van der Waals surface area contributed by atoms with E-state index in [1.165, 1.54) is 4.31 Å². The summed E-state index contributed by atoms with van der Waals surface area (Å²) in [4.78, 5) is 21.7. The Kier molecular flexibility index (Phi) is 6.94. The van der Waals surface area contributed by atoms with Crippen molar-refractivity contribution in [2.24, 2.45) is 0 Å². The van der Waals surface area contributed by atoms with Gasteiger partial charge in [-0.15, -0.1) is 0 Å². The molecule has 1 aliphatic rings. The fraction of sp³-hybridized carbons (Fsp3) is 0.833. The maximum absolute atomic E-state index is 11.9. The summed E-state index contributed by atoms with van der Waals surface area (Å²) in [7, 11) is -3.22. The minimum atomic E-state index is -3.22. The molecule has 0 aromatic heterocycles. The molecule has 1 fully saturated rings. The number of nitrogens with one attached hydrogen (secondary N) is 1. The highest BCUT2D eigenvalue weighted by Gasteiger charge is 2.24. The SMILES string of the molecule is O=C(O)CCCNC(=O)CCCS(=O)(=O)N1CCCC1. The Balaban J connectivity index is 2.13. The monoisotopic (exact) mass is 306 g/mol. The van der Waals surface area contributed by atoms with Crippen molar-refractivity contribution in [3.63, 3.8) is 0 Å². The van der Waals surface area contributed by atoms with Crippen molar-refractivity contribution >= 4 is 21.9 Å². The Morgan fingerprint density at radius 1 is 1.10 bits per heavy atom. The van der Waals surface area contributed by atoms with Crippen molar-refractivity contribution in [1.29, 1.82) is 0 Å². The molecule has 1 heterocycles. The van der Waals surface area contributed by atoms with Gasteiger partial charge in [0.15, 0.2) is 0 Å². The molecule has 8 heteroatoms. The van der Waals surface area contributed by atoms with Gasteiger partial charge < -0.3 is 10.4 Å². The van der Waals surface area contributed by atoms with Crippen LogP contribution < -0.4 is 5.32 Å². The number of carbonyl (C=O) groups is 2. The van der Waals surface area contributed by atoms with Crippen LogP contribution in [-0.2, 0) is 19.6 Å². The first-order valence-electron chi connectivity index (χ1n) is 6.88. The molecule has 0 atom stereocenters. The second-order valence-electron chi connectivity index (χ2n) is 4.87. The van der Waals surface area contributed by atoms with Crippen LogP contribution in [0, 0.1) is 0 Å². The smallest absolute Gasteiger partial charge is 0.303 e. The number of hydrogen-bond donors (Lipinski definition) is 2. The van der Waals surface area contributed by atoms with E-state index in [2.05, 4.69) is 5.32 Å². The van der Waals surface area contributed by atoms with Crippen molar-refractivity contribution in [1.82, 2.24) is 9.62 Å². The molecule has 0 spiro atoms. The number of carbonyl (C=O) groups excluding carboxylic acids is 1. The lowest BCUT2D eigenvalue weighted by molar-refractivity contribution is -0.137. The molecule has 20 heavy (non-hydrogen) atoms. The predicted octanol–water partition coefficient (Wildman–Crippen LogP) is 0.173. The second kappa shape index (κ2) is 8.21. The zero-order chi connectivity index (χ0) is 15.0. The maximum atomic E-state index is 11.9. The Bertz CT molecular complexity index is 429. The van der Waals surface area contributed by atoms with Gasteiger partial charge in [0.1, 0.15) is 0 Å². The van der Waals surface area contributed by atoms with Gasteiger partial charge >= 0.3 is 5.97 Å². The molecule has 0 aromatic rings. The topological polar surface area (TPSA) is 104 Å². The van der Waals surface area contributed by atoms with E-state index in [0.29, 0.717) is 32.5 Å². The normalized spacial score (nSPS) is 16.2. The van der Waals surface area contributed by atoms with E-state index in [-0.39, 0.29) is 24.5 Å². The fourth-order valence-corrected chi connectivity index (χ4v) is 3.65. The Morgan fingerprint density at radius 2 is 1.75 bits per heavy atom. The summed E-state index contributed by atoms with van der Waals surface area (Å²) in [5.41, 5.74) is 0. The minimum absolute atomic E-state index is 0.00442. The summed E-state index contributed by atoms with van der Waals surface area (Å²) in [5, 5.41) is 11.0. The van der Waals surface area contributed by atoms with E-state index in [1.54, 1.807) is 0 Å². The fourth-order valence-electron chi connectivity index (χ4n) is 2.07. The van der Waals surface area contributed by atoms with Gasteiger partial charge in [0, 0.05) is 32.5 Å². The first kappa shape index (κ1) is 16.9. The number of rotatable bonds is 9. The van der Waals surface area contributed by atoms with E-state index in [9.17, 15) is 18.0 Å². The van der Waals surface area contributed by atoms with Gasteiger partial charge in [-0.05, 0) is 25.7 Å². The molecule has 116 valence electrons. The van der Waals surface area contributed by atoms with Crippen molar-refractivity contribution in [3.05, 3.63) is 0 Å². The van der Waals surface area contributed by atoms with Crippen molar-refractivity contribution in [2.75, 3.05) is 25.4 Å². The molecule has 0 saturated carbocycles. The summed E-state index contributed by atoms with van der Waals surface area (Å²) >= 11 is 0. The largest absolute Gasteiger partial charge is 0.481 e. The lowest BCUT2D eigenvalue weighted by Gasteiger charge is -2.14. The average molecular weight is 306 g/mol. The molecular formula is C12H22N2O5S. The van der Waals surface area contributed by atoms with E-state index >= 15 is 0 Å². The molecular weight excluding hydrogens is 284 g/mol. The third-order valence-corrected chi connectivity index (χ3v) is 5.11. The van der Waals surface area contributed by atoms with Crippen LogP contribution in [0.3, 0.4) is 0 Å². The summed E-state index contributed by atoms with van der Waals surface area (Å²) in [6, 6.07) is 0. The van der Waals surface area contributed by atoms with E-state index in [1.807, 2.05) is 0 Å². The average Bonchev–Trinajstić information content (AvgIpc) is 2.88. The van der Waals surface area contributed by atoms with Crippen molar-refractivity contribution in [3.8, 4) is 0 Å². The van der Waals surface area contributed by atoms with Crippen LogP contribution in [0.4, 0.5) is 0 Å². The van der Waals surface area contributed by atoms with Crippen LogP contribution >= 0.6 is 0 Å². The zero-order valence-electron chi connectivity index (χ0n) is 11.5. The van der Waals surface area contributed by atoms with Gasteiger partial charge in [0.2, 0.25) is 15.9 Å². The number of amides is 1. The van der Waals surface area contributed by atoms with E-state index in [0.717, 1.165) is 12.8 Å². The number of hydrogen-bond acceptors (Lipinski definition) is 4. The molecule has 1 amide bonds. The maximum Gasteiger partial charge on any atom is 0.303 e. The molecule has 0 unspecified atom stereocenters.